The van der Waals surface area contributed by atoms with E-state index in [4.69, 9.17) is 0 Å². The number of halogens is 1. The molecular formula is C16H24BrNO. The summed E-state index contributed by atoms with van der Waals surface area (Å²) in [4.78, 5) is 2.46. The molecule has 19 heavy (non-hydrogen) atoms. The van der Waals surface area contributed by atoms with Crippen LogP contribution in [0.3, 0.4) is 0 Å². The molecule has 1 heterocycles. The Balaban J connectivity index is 2.03. The van der Waals surface area contributed by atoms with Gasteiger partial charge in [0, 0.05) is 17.6 Å². The van der Waals surface area contributed by atoms with Crippen molar-refractivity contribution < 1.29 is 5.11 Å². The molecule has 106 valence electrons. The summed E-state index contributed by atoms with van der Waals surface area (Å²) in [5, 5.41) is 9.61. The summed E-state index contributed by atoms with van der Waals surface area (Å²) >= 11 is 3.64. The summed E-state index contributed by atoms with van der Waals surface area (Å²) in [6, 6.07) is 6.20. The van der Waals surface area contributed by atoms with E-state index in [-0.39, 0.29) is 0 Å². The molecule has 1 aliphatic rings. The summed E-state index contributed by atoms with van der Waals surface area (Å²) in [7, 11) is 0. The lowest BCUT2D eigenvalue weighted by atomic mass is 9.92. The van der Waals surface area contributed by atoms with Crippen molar-refractivity contribution in [2.45, 2.75) is 45.6 Å². The molecule has 1 saturated heterocycles. The Kier molecular flexibility index (Phi) is 5.28. The van der Waals surface area contributed by atoms with Crippen molar-refractivity contribution in [3.05, 3.63) is 28.2 Å². The van der Waals surface area contributed by atoms with Gasteiger partial charge in [-0.25, -0.2) is 0 Å². The van der Waals surface area contributed by atoms with Gasteiger partial charge >= 0.3 is 0 Å². The molecule has 2 nitrogen and oxygen atoms in total. The van der Waals surface area contributed by atoms with Crippen molar-refractivity contribution >= 4 is 21.6 Å². The SMILES string of the molecule is CCCC1CCN(c2ccc([C@H](C)O)cc2Br)CC1. The first-order valence-electron chi connectivity index (χ1n) is 7.34. The molecule has 0 saturated carbocycles. The van der Waals surface area contributed by atoms with E-state index in [1.165, 1.54) is 31.4 Å². The van der Waals surface area contributed by atoms with Crippen LogP contribution in [0.2, 0.25) is 0 Å². The van der Waals surface area contributed by atoms with Crippen molar-refractivity contribution in [2.24, 2.45) is 5.92 Å². The molecule has 0 radical (unpaired) electrons. The second-order valence-electron chi connectivity index (χ2n) is 5.61. The first-order chi connectivity index (χ1) is 9.11. The Morgan fingerprint density at radius 3 is 2.58 bits per heavy atom. The van der Waals surface area contributed by atoms with Gasteiger partial charge in [-0.1, -0.05) is 25.8 Å². The fourth-order valence-corrected chi connectivity index (χ4v) is 3.56. The van der Waals surface area contributed by atoms with E-state index in [1.54, 1.807) is 6.92 Å². The fraction of sp³-hybridized carbons (Fsp3) is 0.625. The lowest BCUT2D eigenvalue weighted by Crippen LogP contribution is -2.33. The van der Waals surface area contributed by atoms with Gasteiger partial charge in [0.05, 0.1) is 11.8 Å². The number of piperidine rings is 1. The van der Waals surface area contributed by atoms with Crippen LogP contribution in [0, 0.1) is 5.92 Å². The Morgan fingerprint density at radius 2 is 2.05 bits per heavy atom. The molecule has 1 N–H and O–H groups in total. The molecule has 3 heteroatoms. The molecule has 1 aliphatic heterocycles. The highest BCUT2D eigenvalue weighted by molar-refractivity contribution is 9.10. The van der Waals surface area contributed by atoms with Gasteiger partial charge < -0.3 is 10.0 Å². The molecule has 1 aromatic rings. The predicted octanol–water partition coefficient (Wildman–Crippen LogP) is 4.52. The van der Waals surface area contributed by atoms with E-state index in [0.717, 1.165) is 29.0 Å². The number of hydrogen-bond donors (Lipinski definition) is 1. The van der Waals surface area contributed by atoms with E-state index < -0.39 is 6.10 Å². The smallest absolute Gasteiger partial charge is 0.0762 e. The van der Waals surface area contributed by atoms with E-state index in [0.29, 0.717) is 0 Å². The van der Waals surface area contributed by atoms with Gasteiger partial charge in [-0.05, 0) is 59.3 Å². The van der Waals surface area contributed by atoms with E-state index in [9.17, 15) is 5.11 Å². The Bertz CT molecular complexity index is 411. The molecule has 1 aromatic carbocycles. The fourth-order valence-electron chi connectivity index (χ4n) is 2.91. The van der Waals surface area contributed by atoms with E-state index in [1.807, 2.05) is 12.1 Å². The zero-order valence-corrected chi connectivity index (χ0v) is 13.5. The normalized spacial score (nSPS) is 18.6. The minimum Gasteiger partial charge on any atom is -0.389 e. The summed E-state index contributed by atoms with van der Waals surface area (Å²) in [5.74, 6) is 0.914. The largest absolute Gasteiger partial charge is 0.389 e. The van der Waals surface area contributed by atoms with Crippen LogP contribution in [-0.4, -0.2) is 18.2 Å². The second kappa shape index (κ2) is 6.76. The quantitative estimate of drug-likeness (QED) is 0.879. The standard InChI is InChI=1S/C16H24BrNO/c1-3-4-13-7-9-18(10-8-13)16-6-5-14(12(2)19)11-15(16)17/h5-6,11-13,19H,3-4,7-10H2,1-2H3/t12-/m0/s1. The van der Waals surface area contributed by atoms with Gasteiger partial charge in [0.2, 0.25) is 0 Å². The molecule has 0 bridgehead atoms. The highest BCUT2D eigenvalue weighted by atomic mass is 79.9. The minimum atomic E-state index is -0.402. The van der Waals surface area contributed by atoms with Crippen molar-refractivity contribution in [3.8, 4) is 0 Å². The highest BCUT2D eigenvalue weighted by Gasteiger charge is 2.20. The molecule has 0 spiro atoms. The third-order valence-corrected chi connectivity index (χ3v) is 4.74. The summed E-state index contributed by atoms with van der Waals surface area (Å²) in [6.07, 6.45) is 4.88. The summed E-state index contributed by atoms with van der Waals surface area (Å²) in [6.45, 7) is 6.38. The lowest BCUT2D eigenvalue weighted by Gasteiger charge is -2.34. The third kappa shape index (κ3) is 3.73. The van der Waals surface area contributed by atoms with Crippen molar-refractivity contribution in [1.82, 2.24) is 0 Å². The topological polar surface area (TPSA) is 23.5 Å². The molecule has 0 aromatic heterocycles. The van der Waals surface area contributed by atoms with Crippen LogP contribution >= 0.6 is 15.9 Å². The highest BCUT2D eigenvalue weighted by Crippen LogP contribution is 2.33. The van der Waals surface area contributed by atoms with Gasteiger partial charge in [0.1, 0.15) is 0 Å². The number of rotatable bonds is 4. The van der Waals surface area contributed by atoms with Crippen molar-refractivity contribution in [3.63, 3.8) is 0 Å². The Labute approximate surface area is 124 Å². The monoisotopic (exact) mass is 325 g/mol. The van der Waals surface area contributed by atoms with Crippen LogP contribution in [0.25, 0.3) is 0 Å². The maximum Gasteiger partial charge on any atom is 0.0762 e. The van der Waals surface area contributed by atoms with Crippen LogP contribution in [-0.2, 0) is 0 Å². The Hall–Kier alpha value is -0.540. The summed E-state index contributed by atoms with van der Waals surface area (Å²) < 4.78 is 1.10. The number of aliphatic hydroxyl groups excluding tert-OH is 1. The van der Waals surface area contributed by atoms with Crippen LogP contribution < -0.4 is 4.90 Å². The lowest BCUT2D eigenvalue weighted by molar-refractivity contribution is 0.199. The van der Waals surface area contributed by atoms with Crippen LogP contribution in [0.1, 0.15) is 51.2 Å². The first kappa shape index (κ1) is 14.9. The zero-order valence-electron chi connectivity index (χ0n) is 11.9. The van der Waals surface area contributed by atoms with Gasteiger partial charge in [-0.15, -0.1) is 0 Å². The molecule has 1 atom stereocenters. The second-order valence-corrected chi connectivity index (χ2v) is 6.46. The first-order valence-corrected chi connectivity index (χ1v) is 8.13. The van der Waals surface area contributed by atoms with Crippen LogP contribution in [0.5, 0.6) is 0 Å². The van der Waals surface area contributed by atoms with Crippen molar-refractivity contribution in [1.29, 1.82) is 0 Å². The number of benzene rings is 1. The van der Waals surface area contributed by atoms with Gasteiger partial charge in [-0.3, -0.25) is 0 Å². The molecule has 0 aliphatic carbocycles. The molecular weight excluding hydrogens is 302 g/mol. The molecule has 1 fully saturated rings. The number of nitrogens with zero attached hydrogens (tertiary/aromatic N) is 1. The molecule has 0 amide bonds. The molecule has 0 unspecified atom stereocenters. The Morgan fingerprint density at radius 1 is 1.37 bits per heavy atom. The average Bonchev–Trinajstić information content (AvgIpc) is 2.40. The predicted molar refractivity (Wildman–Crippen MR) is 84.6 cm³/mol. The molecule has 2 rings (SSSR count). The van der Waals surface area contributed by atoms with Crippen molar-refractivity contribution in [2.75, 3.05) is 18.0 Å². The average molecular weight is 326 g/mol. The maximum absolute atomic E-state index is 9.61. The van der Waals surface area contributed by atoms with E-state index in [2.05, 4.69) is 33.8 Å². The zero-order chi connectivity index (χ0) is 13.8. The van der Waals surface area contributed by atoms with Gasteiger partial charge in [0.15, 0.2) is 0 Å². The number of aliphatic hydroxyl groups is 1. The number of anilines is 1. The minimum absolute atomic E-state index is 0.402. The van der Waals surface area contributed by atoms with Gasteiger partial charge in [-0.2, -0.15) is 0 Å². The van der Waals surface area contributed by atoms with Crippen LogP contribution in [0.4, 0.5) is 5.69 Å². The maximum atomic E-state index is 9.61. The van der Waals surface area contributed by atoms with E-state index >= 15 is 0 Å². The third-order valence-electron chi connectivity index (χ3n) is 4.11. The number of hydrogen-bond acceptors (Lipinski definition) is 2. The summed E-state index contributed by atoms with van der Waals surface area (Å²) in [5.41, 5.74) is 2.23. The van der Waals surface area contributed by atoms with Gasteiger partial charge in [0.25, 0.3) is 0 Å². The van der Waals surface area contributed by atoms with Crippen LogP contribution in [0.15, 0.2) is 22.7 Å².